The average Bonchev–Trinajstić information content (AvgIpc) is 2.70. The van der Waals surface area contributed by atoms with Crippen LogP contribution in [0.2, 0.25) is 10.0 Å². The second-order valence-corrected chi connectivity index (χ2v) is 8.04. The summed E-state index contributed by atoms with van der Waals surface area (Å²) < 4.78 is 10.4. The first-order valence-corrected chi connectivity index (χ1v) is 10.7. The Balaban J connectivity index is 1.79. The van der Waals surface area contributed by atoms with Gasteiger partial charge in [0.15, 0.2) is 5.75 Å². The van der Waals surface area contributed by atoms with E-state index in [9.17, 15) is 19.5 Å². The van der Waals surface area contributed by atoms with Crippen molar-refractivity contribution in [3.63, 3.8) is 0 Å². The maximum atomic E-state index is 12.8. The summed E-state index contributed by atoms with van der Waals surface area (Å²) in [4.78, 5) is 37.7. The zero-order chi connectivity index (χ0) is 23.4. The molecule has 0 saturated heterocycles. The van der Waals surface area contributed by atoms with Gasteiger partial charge in [-0.2, -0.15) is 0 Å². The lowest BCUT2D eigenvalue weighted by Crippen LogP contribution is -2.41. The molecular formula is C22H22Cl2N2O6. The maximum Gasteiger partial charge on any atom is 0.397 e. The highest BCUT2D eigenvalue weighted by molar-refractivity contribution is 6.39. The van der Waals surface area contributed by atoms with E-state index in [0.29, 0.717) is 0 Å². The van der Waals surface area contributed by atoms with Crippen molar-refractivity contribution in [3.05, 3.63) is 45.9 Å². The van der Waals surface area contributed by atoms with Crippen molar-refractivity contribution in [2.24, 2.45) is 0 Å². The first-order chi connectivity index (χ1) is 15.2. The van der Waals surface area contributed by atoms with Crippen LogP contribution in [0.5, 0.6) is 17.2 Å². The Labute approximate surface area is 195 Å². The minimum Gasteiger partial charge on any atom is -0.507 e. The van der Waals surface area contributed by atoms with Crippen molar-refractivity contribution < 1.29 is 29.0 Å². The van der Waals surface area contributed by atoms with Crippen LogP contribution in [0, 0.1) is 0 Å². The van der Waals surface area contributed by atoms with Crippen LogP contribution in [0.3, 0.4) is 0 Å². The van der Waals surface area contributed by atoms with E-state index in [2.05, 4.69) is 10.1 Å². The summed E-state index contributed by atoms with van der Waals surface area (Å²) in [5.74, 6) is -2.16. The normalized spacial score (nSPS) is 13.1. The number of carbonyl (C=O) groups is 3. The number of aromatic hydroxyl groups is 1. The van der Waals surface area contributed by atoms with Crippen LogP contribution in [-0.2, 0) is 14.3 Å². The number of halogens is 2. The lowest BCUT2D eigenvalue weighted by atomic mass is 9.91. The first-order valence-electron chi connectivity index (χ1n) is 9.96. The fourth-order valence-corrected chi connectivity index (χ4v) is 3.67. The molecule has 1 aliphatic carbocycles. The van der Waals surface area contributed by atoms with Gasteiger partial charge in [0, 0.05) is 18.8 Å². The van der Waals surface area contributed by atoms with E-state index in [4.69, 9.17) is 27.9 Å². The molecule has 0 bridgehead atoms. The monoisotopic (exact) mass is 480 g/mol. The average molecular weight is 481 g/mol. The Morgan fingerprint density at radius 1 is 1.16 bits per heavy atom. The maximum absolute atomic E-state index is 12.8. The summed E-state index contributed by atoms with van der Waals surface area (Å²) in [5, 5.41) is 12.6. The molecule has 2 N–H and O–H groups in total. The van der Waals surface area contributed by atoms with E-state index in [1.54, 1.807) is 18.9 Å². The van der Waals surface area contributed by atoms with Crippen molar-refractivity contribution >= 4 is 46.7 Å². The third-order valence-corrected chi connectivity index (χ3v) is 5.64. The van der Waals surface area contributed by atoms with E-state index < -0.39 is 11.9 Å². The fourth-order valence-electron chi connectivity index (χ4n) is 3.11. The van der Waals surface area contributed by atoms with Crippen LogP contribution in [0.4, 0.5) is 5.69 Å². The van der Waals surface area contributed by atoms with Crippen molar-refractivity contribution in [2.75, 3.05) is 19.0 Å². The number of hydrogen-bond donors (Lipinski definition) is 2. The number of nitrogens with zero attached hydrogens (tertiary/aromatic N) is 1. The molecule has 0 heterocycles. The lowest BCUT2D eigenvalue weighted by Gasteiger charge is -2.34. The molecule has 0 aliphatic heterocycles. The molecule has 8 nitrogen and oxygen atoms in total. The predicted octanol–water partition coefficient (Wildman–Crippen LogP) is 4.62. The molecule has 1 fully saturated rings. The minimum absolute atomic E-state index is 0.0594. The topological polar surface area (TPSA) is 105 Å². The van der Waals surface area contributed by atoms with E-state index in [1.165, 1.54) is 30.3 Å². The molecule has 2 amide bonds. The first kappa shape index (κ1) is 23.7. The molecule has 32 heavy (non-hydrogen) atoms. The molecule has 0 spiro atoms. The number of phenolic OH excluding ortho intramolecular Hbond substituents is 1. The van der Waals surface area contributed by atoms with Gasteiger partial charge in [-0.25, -0.2) is 4.79 Å². The largest absolute Gasteiger partial charge is 0.507 e. The van der Waals surface area contributed by atoms with Gasteiger partial charge in [0.2, 0.25) is 0 Å². The molecule has 0 aromatic heterocycles. The highest BCUT2D eigenvalue weighted by Gasteiger charge is 2.28. The molecule has 1 aliphatic rings. The molecule has 0 radical (unpaired) electrons. The smallest absolute Gasteiger partial charge is 0.397 e. The molecule has 10 heteroatoms. The second kappa shape index (κ2) is 10.1. The Bertz CT molecular complexity index is 1030. The highest BCUT2D eigenvalue weighted by atomic mass is 35.5. The Morgan fingerprint density at radius 2 is 1.81 bits per heavy atom. The zero-order valence-electron chi connectivity index (χ0n) is 17.5. The number of hydrogen-bond acceptors (Lipinski definition) is 6. The number of rotatable bonds is 6. The SMILES string of the molecule is CCOC(=O)C(=O)Nc1cc(Cl)c(Oc2ccc(O)c(C(=O)N(C)C3CCC3)c2)c(Cl)c1. The van der Waals surface area contributed by atoms with Crippen LogP contribution in [0.15, 0.2) is 30.3 Å². The van der Waals surface area contributed by atoms with Gasteiger partial charge < -0.3 is 24.8 Å². The number of esters is 1. The van der Waals surface area contributed by atoms with Gasteiger partial charge in [0.1, 0.15) is 11.5 Å². The Hall–Kier alpha value is -2.97. The lowest BCUT2D eigenvalue weighted by molar-refractivity contribution is -0.152. The third kappa shape index (κ3) is 5.26. The van der Waals surface area contributed by atoms with E-state index in [1.807, 2.05) is 0 Å². The van der Waals surface area contributed by atoms with Gasteiger partial charge in [-0.1, -0.05) is 23.2 Å². The molecule has 0 atom stereocenters. The summed E-state index contributed by atoms with van der Waals surface area (Å²) in [7, 11) is 1.70. The van der Waals surface area contributed by atoms with Gasteiger partial charge in [0.25, 0.3) is 5.91 Å². The van der Waals surface area contributed by atoms with Gasteiger partial charge in [0.05, 0.1) is 22.2 Å². The molecule has 0 unspecified atom stereocenters. The number of nitrogens with one attached hydrogen (secondary N) is 1. The number of amides is 2. The van der Waals surface area contributed by atoms with Gasteiger partial charge >= 0.3 is 11.9 Å². The summed E-state index contributed by atoms with van der Waals surface area (Å²) in [5.41, 5.74) is 0.275. The van der Waals surface area contributed by atoms with E-state index in [0.717, 1.165) is 19.3 Å². The summed E-state index contributed by atoms with van der Waals surface area (Å²) in [6, 6.07) is 7.11. The minimum atomic E-state index is -1.03. The van der Waals surface area contributed by atoms with Gasteiger partial charge in [-0.15, -0.1) is 0 Å². The molecule has 2 aromatic carbocycles. The van der Waals surface area contributed by atoms with Crippen LogP contribution in [0.25, 0.3) is 0 Å². The van der Waals surface area contributed by atoms with Crippen molar-refractivity contribution in [2.45, 2.75) is 32.2 Å². The molecule has 2 aromatic rings. The van der Waals surface area contributed by atoms with Crippen LogP contribution in [0.1, 0.15) is 36.5 Å². The number of phenols is 1. The van der Waals surface area contributed by atoms with E-state index >= 15 is 0 Å². The molecule has 1 saturated carbocycles. The number of carbonyl (C=O) groups excluding carboxylic acids is 3. The zero-order valence-corrected chi connectivity index (χ0v) is 19.0. The van der Waals surface area contributed by atoms with Crippen LogP contribution < -0.4 is 10.1 Å². The number of benzene rings is 2. The van der Waals surface area contributed by atoms with E-state index in [-0.39, 0.29) is 57.1 Å². The fraction of sp³-hybridized carbons (Fsp3) is 0.318. The molecular weight excluding hydrogens is 459 g/mol. The van der Waals surface area contributed by atoms with Gasteiger partial charge in [-0.3, -0.25) is 9.59 Å². The van der Waals surface area contributed by atoms with Gasteiger partial charge in [-0.05, 0) is 56.5 Å². The summed E-state index contributed by atoms with van der Waals surface area (Å²) in [6.07, 6.45) is 2.94. The van der Waals surface area contributed by atoms with Crippen LogP contribution >= 0.6 is 23.2 Å². The van der Waals surface area contributed by atoms with Crippen LogP contribution in [-0.4, -0.2) is 47.5 Å². The van der Waals surface area contributed by atoms with Crippen molar-refractivity contribution in [3.8, 4) is 17.2 Å². The number of ether oxygens (including phenoxy) is 2. The second-order valence-electron chi connectivity index (χ2n) is 7.23. The Morgan fingerprint density at radius 3 is 2.38 bits per heavy atom. The highest BCUT2D eigenvalue weighted by Crippen LogP contribution is 2.40. The van der Waals surface area contributed by atoms with Crippen molar-refractivity contribution in [1.29, 1.82) is 0 Å². The number of anilines is 1. The summed E-state index contributed by atoms with van der Waals surface area (Å²) in [6.45, 7) is 1.65. The quantitative estimate of drug-likeness (QED) is 0.461. The Kier molecular flexibility index (Phi) is 7.48. The molecule has 170 valence electrons. The standard InChI is InChI=1S/C22H22Cl2N2O6/c1-3-31-22(30)20(28)25-12-9-16(23)19(17(24)10-12)32-14-7-8-18(27)15(11-14)21(29)26(2)13-5-4-6-13/h7-11,13,27H,3-6H2,1-2H3,(H,25,28). The molecule has 3 rings (SSSR count). The van der Waals surface area contributed by atoms with Crippen molar-refractivity contribution in [1.82, 2.24) is 4.90 Å². The summed E-state index contributed by atoms with van der Waals surface area (Å²) >= 11 is 12.5. The third-order valence-electron chi connectivity index (χ3n) is 5.08. The predicted molar refractivity (Wildman–Crippen MR) is 120 cm³/mol.